The molecule has 0 atom stereocenters. The largest absolute Gasteiger partial charge is 0.494 e. The quantitative estimate of drug-likeness (QED) is 0.559. The molecule has 0 heterocycles. The smallest absolute Gasteiger partial charge is 0.264 e. The number of aryl methyl sites for hydroxylation is 1. The molecule has 1 aromatic carbocycles. The van der Waals surface area contributed by atoms with Crippen molar-refractivity contribution in [1.29, 1.82) is 0 Å². The van der Waals surface area contributed by atoms with Gasteiger partial charge in [0.15, 0.2) is 0 Å². The summed E-state index contributed by atoms with van der Waals surface area (Å²) in [6.45, 7) is 2.72. The second-order valence-corrected chi connectivity index (χ2v) is 6.29. The topological polar surface area (TPSA) is 63.6 Å². The van der Waals surface area contributed by atoms with Gasteiger partial charge in [-0.05, 0) is 31.9 Å². The average Bonchev–Trinajstić information content (AvgIpc) is 2.33. The molecule has 5 heteroatoms. The maximum absolute atomic E-state index is 10.5. The minimum Gasteiger partial charge on any atom is -0.494 e. The van der Waals surface area contributed by atoms with Crippen molar-refractivity contribution in [3.63, 3.8) is 0 Å². The maximum Gasteiger partial charge on any atom is 0.264 e. The summed E-state index contributed by atoms with van der Waals surface area (Å²) in [5.41, 5.74) is 1.21. The zero-order valence-electron chi connectivity index (χ0n) is 11.3. The summed E-state index contributed by atoms with van der Waals surface area (Å²) in [7, 11) is -3.79. The van der Waals surface area contributed by atoms with Gasteiger partial charge in [-0.2, -0.15) is 8.42 Å². The Morgan fingerprint density at radius 2 is 1.58 bits per heavy atom. The Morgan fingerprint density at radius 3 is 2.21 bits per heavy atom. The van der Waals surface area contributed by atoms with Crippen LogP contribution in [0.4, 0.5) is 0 Å². The van der Waals surface area contributed by atoms with Crippen LogP contribution in [0.15, 0.2) is 24.3 Å². The van der Waals surface area contributed by atoms with E-state index in [2.05, 4.69) is 0 Å². The fourth-order valence-corrected chi connectivity index (χ4v) is 2.31. The summed E-state index contributed by atoms with van der Waals surface area (Å²) >= 11 is 0. The predicted octanol–water partition coefficient (Wildman–Crippen LogP) is 3.21. The summed E-state index contributed by atoms with van der Waals surface area (Å²) in [4.78, 5) is 0. The Bertz CT molecular complexity index is 451. The van der Waals surface area contributed by atoms with E-state index >= 15 is 0 Å². The van der Waals surface area contributed by atoms with Crippen molar-refractivity contribution >= 4 is 10.1 Å². The fourth-order valence-electron chi connectivity index (χ4n) is 1.74. The number of ether oxygens (including phenoxy) is 1. The molecule has 0 saturated carbocycles. The van der Waals surface area contributed by atoms with Crippen molar-refractivity contribution in [2.45, 2.75) is 39.0 Å². The molecular weight excluding hydrogens is 264 g/mol. The molecule has 0 aromatic heterocycles. The van der Waals surface area contributed by atoms with Gasteiger partial charge in [0.2, 0.25) is 0 Å². The summed E-state index contributed by atoms with van der Waals surface area (Å²) in [5.74, 6) is 0.754. The van der Waals surface area contributed by atoms with Crippen molar-refractivity contribution in [3.8, 4) is 5.75 Å². The van der Waals surface area contributed by atoms with Gasteiger partial charge in [0, 0.05) is 0 Å². The van der Waals surface area contributed by atoms with Crippen LogP contribution in [-0.4, -0.2) is 25.3 Å². The molecule has 19 heavy (non-hydrogen) atoms. The van der Waals surface area contributed by atoms with Gasteiger partial charge in [-0.1, -0.05) is 37.0 Å². The summed E-state index contributed by atoms with van der Waals surface area (Å²) in [5, 5.41) is 0. The third-order valence-corrected chi connectivity index (χ3v) is 3.64. The van der Waals surface area contributed by atoms with Crippen molar-refractivity contribution in [3.05, 3.63) is 29.8 Å². The van der Waals surface area contributed by atoms with Gasteiger partial charge in [0.1, 0.15) is 5.75 Å². The number of rotatable bonds is 9. The molecule has 0 aliphatic heterocycles. The second kappa shape index (κ2) is 8.17. The lowest BCUT2D eigenvalue weighted by Crippen LogP contribution is -2.03. The molecule has 0 radical (unpaired) electrons. The van der Waals surface area contributed by atoms with E-state index in [1.807, 2.05) is 31.2 Å². The molecule has 0 aliphatic carbocycles. The molecule has 1 rings (SSSR count). The lowest BCUT2D eigenvalue weighted by atomic mass is 10.2. The highest BCUT2D eigenvalue weighted by molar-refractivity contribution is 7.85. The zero-order valence-corrected chi connectivity index (χ0v) is 12.2. The summed E-state index contributed by atoms with van der Waals surface area (Å²) in [6.07, 6.45) is 4.28. The summed E-state index contributed by atoms with van der Waals surface area (Å²) in [6, 6.07) is 7.96. The average molecular weight is 286 g/mol. The lowest BCUT2D eigenvalue weighted by molar-refractivity contribution is 0.304. The van der Waals surface area contributed by atoms with Gasteiger partial charge >= 0.3 is 0 Å². The molecule has 1 aromatic rings. The highest BCUT2D eigenvalue weighted by Gasteiger charge is 2.02. The number of unbranched alkanes of at least 4 members (excludes halogenated alkanes) is 4. The maximum atomic E-state index is 10.5. The lowest BCUT2D eigenvalue weighted by Gasteiger charge is -2.06. The van der Waals surface area contributed by atoms with Crippen LogP contribution in [0.5, 0.6) is 5.75 Å². The first-order chi connectivity index (χ1) is 8.97. The minimum atomic E-state index is -3.79. The van der Waals surface area contributed by atoms with Crippen LogP contribution in [0.25, 0.3) is 0 Å². The molecule has 108 valence electrons. The third-order valence-electron chi connectivity index (χ3n) is 2.84. The standard InChI is InChI=1S/C14H22O4S/c1-13-7-9-14(10-8-13)18-11-5-3-2-4-6-12-19(15,16)17/h7-10H,2-6,11-12H2,1H3,(H,15,16,17). The first-order valence-electron chi connectivity index (χ1n) is 6.62. The van der Waals surface area contributed by atoms with E-state index in [1.165, 1.54) is 5.56 Å². The van der Waals surface area contributed by atoms with Gasteiger partial charge in [-0.25, -0.2) is 0 Å². The van der Waals surface area contributed by atoms with Crippen LogP contribution < -0.4 is 4.74 Å². The van der Waals surface area contributed by atoms with Crippen molar-refractivity contribution < 1.29 is 17.7 Å². The van der Waals surface area contributed by atoms with E-state index in [1.54, 1.807) is 0 Å². The molecule has 0 amide bonds. The van der Waals surface area contributed by atoms with Gasteiger partial charge in [0.25, 0.3) is 10.1 Å². The molecule has 0 bridgehead atoms. The van der Waals surface area contributed by atoms with Crippen LogP contribution in [0.3, 0.4) is 0 Å². The SMILES string of the molecule is Cc1ccc(OCCCCCCCS(=O)(=O)O)cc1. The third kappa shape index (κ3) is 8.61. The van der Waals surface area contributed by atoms with E-state index in [4.69, 9.17) is 9.29 Å². The zero-order chi connectivity index (χ0) is 14.1. The van der Waals surface area contributed by atoms with E-state index in [-0.39, 0.29) is 5.75 Å². The molecule has 0 spiro atoms. The highest BCUT2D eigenvalue weighted by atomic mass is 32.2. The molecule has 0 fully saturated rings. The Kier molecular flexibility index (Phi) is 6.87. The Balaban J connectivity index is 1.98. The monoisotopic (exact) mass is 286 g/mol. The summed E-state index contributed by atoms with van der Waals surface area (Å²) < 4.78 is 35.1. The fraction of sp³-hybridized carbons (Fsp3) is 0.571. The predicted molar refractivity (Wildman–Crippen MR) is 76.2 cm³/mol. The first-order valence-corrected chi connectivity index (χ1v) is 8.23. The molecule has 1 N–H and O–H groups in total. The number of benzene rings is 1. The van der Waals surface area contributed by atoms with Gasteiger partial charge in [-0.3, -0.25) is 4.55 Å². The second-order valence-electron chi connectivity index (χ2n) is 4.72. The van der Waals surface area contributed by atoms with Crippen molar-refractivity contribution in [2.24, 2.45) is 0 Å². The van der Waals surface area contributed by atoms with E-state index in [9.17, 15) is 8.42 Å². The number of hydrogen-bond acceptors (Lipinski definition) is 3. The molecule has 0 aliphatic rings. The Morgan fingerprint density at radius 1 is 1.00 bits per heavy atom. The minimum absolute atomic E-state index is 0.132. The van der Waals surface area contributed by atoms with E-state index in [0.717, 1.165) is 31.4 Å². The normalized spacial score (nSPS) is 11.5. The molecule has 0 unspecified atom stereocenters. The van der Waals surface area contributed by atoms with Crippen molar-refractivity contribution in [2.75, 3.05) is 12.4 Å². The van der Waals surface area contributed by atoms with E-state index < -0.39 is 10.1 Å². The first kappa shape index (κ1) is 16.0. The van der Waals surface area contributed by atoms with Crippen LogP contribution >= 0.6 is 0 Å². The van der Waals surface area contributed by atoms with Gasteiger partial charge in [0.05, 0.1) is 12.4 Å². The highest BCUT2D eigenvalue weighted by Crippen LogP contribution is 2.12. The molecule has 0 saturated heterocycles. The molecular formula is C14H22O4S. The number of hydrogen-bond donors (Lipinski definition) is 1. The molecule has 4 nitrogen and oxygen atoms in total. The van der Waals surface area contributed by atoms with Crippen molar-refractivity contribution in [1.82, 2.24) is 0 Å². The van der Waals surface area contributed by atoms with Crippen LogP contribution in [0, 0.1) is 6.92 Å². The van der Waals surface area contributed by atoms with E-state index in [0.29, 0.717) is 13.0 Å². The van der Waals surface area contributed by atoms with Gasteiger partial charge in [-0.15, -0.1) is 0 Å². The van der Waals surface area contributed by atoms with Gasteiger partial charge < -0.3 is 4.74 Å². The Hall–Kier alpha value is -1.07. The Labute approximate surface area is 115 Å². The van der Waals surface area contributed by atoms with Crippen LogP contribution in [0.1, 0.15) is 37.7 Å². The van der Waals surface area contributed by atoms with Crippen LogP contribution in [0.2, 0.25) is 0 Å². The van der Waals surface area contributed by atoms with Crippen LogP contribution in [-0.2, 0) is 10.1 Å².